The fourth-order valence-corrected chi connectivity index (χ4v) is 0.730. The number of rotatable bonds is 2. The van der Waals surface area contributed by atoms with Crippen LogP contribution < -0.4 is 0 Å². The van der Waals surface area contributed by atoms with Gasteiger partial charge in [0, 0.05) is 6.20 Å². The van der Waals surface area contributed by atoms with Gasteiger partial charge in [-0.05, 0) is 6.92 Å². The Morgan fingerprint density at radius 1 is 1.91 bits per heavy atom. The minimum absolute atomic E-state index is 0.00963. The lowest BCUT2D eigenvalue weighted by atomic mass is 10.4. The van der Waals surface area contributed by atoms with E-state index >= 15 is 0 Å². The summed E-state index contributed by atoms with van der Waals surface area (Å²) in [5.74, 6) is 0. The van der Waals surface area contributed by atoms with Crippen LogP contribution in [0, 0.1) is 11.3 Å². The van der Waals surface area contributed by atoms with Crippen LogP contribution in [0.1, 0.15) is 18.7 Å². The molecule has 0 aliphatic carbocycles. The van der Waals surface area contributed by atoms with Crippen LogP contribution in [0.4, 0.5) is 0 Å². The maximum absolute atomic E-state index is 8.74. The molecule has 0 saturated carbocycles. The molecule has 0 amide bonds. The van der Waals surface area contributed by atoms with Crippen LogP contribution in [0.25, 0.3) is 0 Å². The smallest absolute Gasteiger partial charge is 0.158 e. The Hall–Kier alpha value is -1.34. The van der Waals surface area contributed by atoms with Crippen LogP contribution >= 0.6 is 0 Å². The van der Waals surface area contributed by atoms with Gasteiger partial charge in [-0.3, -0.25) is 0 Å². The SMILES string of the molecule is C[C@@H](CO)n1cnc(C#N)c1. The topological polar surface area (TPSA) is 61.8 Å². The molecule has 11 heavy (non-hydrogen) atoms. The van der Waals surface area contributed by atoms with Gasteiger partial charge < -0.3 is 9.67 Å². The Labute approximate surface area is 64.7 Å². The van der Waals surface area contributed by atoms with E-state index in [2.05, 4.69) is 4.98 Å². The largest absolute Gasteiger partial charge is 0.394 e. The van der Waals surface area contributed by atoms with Crippen molar-refractivity contribution in [3.8, 4) is 6.07 Å². The summed E-state index contributed by atoms with van der Waals surface area (Å²) in [4.78, 5) is 3.79. The Bertz CT molecular complexity index is 273. The average molecular weight is 151 g/mol. The lowest BCUT2D eigenvalue weighted by Gasteiger charge is -2.07. The molecule has 1 N–H and O–H groups in total. The van der Waals surface area contributed by atoms with Crippen LogP contribution in [0.5, 0.6) is 0 Å². The molecule has 1 heterocycles. The molecule has 4 nitrogen and oxygen atoms in total. The molecule has 4 heteroatoms. The molecular weight excluding hydrogens is 142 g/mol. The van der Waals surface area contributed by atoms with Crippen LogP contribution in [0.15, 0.2) is 12.5 Å². The van der Waals surface area contributed by atoms with Gasteiger partial charge in [0.1, 0.15) is 6.07 Å². The molecule has 1 aromatic rings. The number of hydrogen-bond acceptors (Lipinski definition) is 3. The van der Waals surface area contributed by atoms with Crippen LogP contribution in [-0.2, 0) is 0 Å². The van der Waals surface area contributed by atoms with E-state index in [1.165, 1.54) is 0 Å². The van der Waals surface area contributed by atoms with Crippen molar-refractivity contribution in [1.82, 2.24) is 9.55 Å². The Morgan fingerprint density at radius 3 is 3.09 bits per heavy atom. The quantitative estimate of drug-likeness (QED) is 0.661. The second kappa shape index (κ2) is 3.17. The number of hydrogen-bond donors (Lipinski definition) is 1. The number of aromatic nitrogens is 2. The zero-order chi connectivity index (χ0) is 8.27. The van der Waals surface area contributed by atoms with Gasteiger partial charge in [0.25, 0.3) is 0 Å². The van der Waals surface area contributed by atoms with E-state index in [0.717, 1.165) is 0 Å². The van der Waals surface area contributed by atoms with Gasteiger partial charge in [0.15, 0.2) is 5.69 Å². The highest BCUT2D eigenvalue weighted by atomic mass is 16.3. The number of nitrogens with zero attached hydrogens (tertiary/aromatic N) is 3. The first-order chi connectivity index (χ1) is 5.27. The van der Waals surface area contributed by atoms with Gasteiger partial charge >= 0.3 is 0 Å². The second-order valence-corrected chi connectivity index (χ2v) is 2.35. The summed E-state index contributed by atoms with van der Waals surface area (Å²) in [6.07, 6.45) is 3.15. The number of aliphatic hydroxyl groups excluding tert-OH is 1. The standard InChI is InChI=1S/C7H9N3O/c1-6(4-11)10-3-7(2-8)9-5-10/h3,5-6,11H,4H2,1H3/t6-/m0/s1. The van der Waals surface area contributed by atoms with Crippen molar-refractivity contribution >= 4 is 0 Å². The van der Waals surface area contributed by atoms with Crippen molar-refractivity contribution in [2.75, 3.05) is 6.61 Å². The fraction of sp³-hybridized carbons (Fsp3) is 0.429. The van der Waals surface area contributed by atoms with E-state index < -0.39 is 0 Å². The van der Waals surface area contributed by atoms with Gasteiger partial charge in [-0.25, -0.2) is 4.98 Å². The maximum atomic E-state index is 8.74. The molecule has 0 unspecified atom stereocenters. The highest BCUT2D eigenvalue weighted by Crippen LogP contribution is 2.04. The fourth-order valence-electron chi connectivity index (χ4n) is 0.730. The maximum Gasteiger partial charge on any atom is 0.158 e. The molecule has 1 rings (SSSR count). The normalized spacial score (nSPS) is 12.5. The minimum Gasteiger partial charge on any atom is -0.394 e. The van der Waals surface area contributed by atoms with Gasteiger partial charge in [-0.2, -0.15) is 5.26 Å². The van der Waals surface area contributed by atoms with Crippen molar-refractivity contribution in [2.24, 2.45) is 0 Å². The van der Waals surface area contributed by atoms with Crippen LogP contribution in [0.3, 0.4) is 0 Å². The lowest BCUT2D eigenvalue weighted by Crippen LogP contribution is -2.06. The molecule has 0 aliphatic heterocycles. The summed E-state index contributed by atoms with van der Waals surface area (Å²) in [7, 11) is 0. The highest BCUT2D eigenvalue weighted by molar-refractivity contribution is 5.15. The van der Waals surface area contributed by atoms with Gasteiger partial charge in [-0.1, -0.05) is 0 Å². The van der Waals surface area contributed by atoms with Crippen molar-refractivity contribution < 1.29 is 5.11 Å². The molecular formula is C7H9N3O. The summed E-state index contributed by atoms with van der Waals surface area (Å²) in [6.45, 7) is 1.91. The van der Waals surface area contributed by atoms with Gasteiger partial charge in [-0.15, -0.1) is 0 Å². The molecule has 0 bridgehead atoms. The van der Waals surface area contributed by atoms with E-state index in [-0.39, 0.29) is 12.6 Å². The zero-order valence-electron chi connectivity index (χ0n) is 6.23. The predicted molar refractivity (Wildman–Crippen MR) is 38.7 cm³/mol. The molecule has 0 spiro atoms. The molecule has 0 aromatic carbocycles. The molecule has 1 atom stereocenters. The van der Waals surface area contributed by atoms with E-state index in [0.29, 0.717) is 5.69 Å². The summed E-state index contributed by atoms with van der Waals surface area (Å²) in [6, 6.07) is 1.90. The third kappa shape index (κ3) is 1.57. The third-order valence-corrected chi connectivity index (χ3v) is 1.49. The molecule has 0 aliphatic rings. The Morgan fingerprint density at radius 2 is 2.64 bits per heavy atom. The van der Waals surface area contributed by atoms with Crippen molar-refractivity contribution in [1.29, 1.82) is 5.26 Å². The van der Waals surface area contributed by atoms with Gasteiger partial charge in [0.2, 0.25) is 0 Å². The van der Waals surface area contributed by atoms with E-state index in [1.54, 1.807) is 17.1 Å². The number of nitriles is 1. The summed E-state index contributed by atoms with van der Waals surface area (Å²) in [5.41, 5.74) is 0.380. The Balaban J connectivity index is 2.82. The summed E-state index contributed by atoms with van der Waals surface area (Å²) < 4.78 is 1.71. The van der Waals surface area contributed by atoms with Crippen molar-refractivity contribution in [2.45, 2.75) is 13.0 Å². The monoisotopic (exact) mass is 151 g/mol. The zero-order valence-corrected chi connectivity index (χ0v) is 6.23. The predicted octanol–water partition coefficient (Wildman–Crippen LogP) is 0.308. The van der Waals surface area contributed by atoms with Crippen molar-refractivity contribution in [3.63, 3.8) is 0 Å². The lowest BCUT2D eigenvalue weighted by molar-refractivity contribution is 0.238. The first-order valence-electron chi connectivity index (χ1n) is 3.32. The molecule has 58 valence electrons. The third-order valence-electron chi connectivity index (χ3n) is 1.49. The van der Waals surface area contributed by atoms with Crippen molar-refractivity contribution in [3.05, 3.63) is 18.2 Å². The molecule has 1 aromatic heterocycles. The first-order valence-corrected chi connectivity index (χ1v) is 3.32. The molecule has 0 fully saturated rings. The summed E-state index contributed by atoms with van der Waals surface area (Å²) in [5, 5.41) is 17.2. The van der Waals surface area contributed by atoms with E-state index in [4.69, 9.17) is 10.4 Å². The Kier molecular flexibility index (Phi) is 2.24. The molecule has 0 saturated heterocycles. The summed E-state index contributed by atoms with van der Waals surface area (Å²) >= 11 is 0. The van der Waals surface area contributed by atoms with Gasteiger partial charge in [0.05, 0.1) is 19.0 Å². The first kappa shape index (κ1) is 7.76. The average Bonchev–Trinajstić information content (AvgIpc) is 2.50. The second-order valence-electron chi connectivity index (χ2n) is 2.35. The van der Waals surface area contributed by atoms with E-state index in [9.17, 15) is 0 Å². The minimum atomic E-state index is -0.00963. The van der Waals surface area contributed by atoms with Crippen LogP contribution in [-0.4, -0.2) is 21.3 Å². The molecule has 0 radical (unpaired) electrons. The van der Waals surface area contributed by atoms with Crippen LogP contribution in [0.2, 0.25) is 0 Å². The highest BCUT2D eigenvalue weighted by Gasteiger charge is 2.02. The number of aliphatic hydroxyl groups is 1. The number of imidazole rings is 1. The van der Waals surface area contributed by atoms with E-state index in [1.807, 2.05) is 13.0 Å².